The fourth-order valence-electron chi connectivity index (χ4n) is 5.45. The predicted octanol–water partition coefficient (Wildman–Crippen LogP) is 6.29. The van der Waals surface area contributed by atoms with Gasteiger partial charge in [0.05, 0.1) is 45.3 Å². The molecule has 11 heteroatoms. The van der Waals surface area contributed by atoms with Crippen molar-refractivity contribution in [1.29, 1.82) is 0 Å². The molecule has 2 heterocycles. The Kier molecular flexibility index (Phi) is 12.4. The van der Waals surface area contributed by atoms with Crippen molar-refractivity contribution in [3.8, 4) is 11.5 Å². The van der Waals surface area contributed by atoms with Crippen LogP contribution in [0, 0.1) is 5.92 Å². The highest BCUT2D eigenvalue weighted by Gasteiger charge is 2.29. The summed E-state index contributed by atoms with van der Waals surface area (Å²) >= 11 is 3.50. The van der Waals surface area contributed by atoms with Crippen molar-refractivity contribution in [2.45, 2.75) is 58.4 Å². The van der Waals surface area contributed by atoms with Crippen LogP contribution in [0.4, 0.5) is 11.5 Å². The molecule has 0 amide bonds. The van der Waals surface area contributed by atoms with Gasteiger partial charge in [-0.15, -0.1) is 0 Å². The Morgan fingerprint density at radius 3 is 2.40 bits per heavy atom. The third-order valence-corrected chi connectivity index (χ3v) is 8.10. The number of nitrogens with zero attached hydrogens (tertiary/aromatic N) is 3. The van der Waals surface area contributed by atoms with Gasteiger partial charge in [-0.2, -0.15) is 0 Å². The van der Waals surface area contributed by atoms with Crippen LogP contribution in [0.5, 0.6) is 11.5 Å². The number of rotatable bonds is 15. The van der Waals surface area contributed by atoms with Gasteiger partial charge in [0.25, 0.3) is 0 Å². The van der Waals surface area contributed by atoms with Crippen LogP contribution in [-0.2, 0) is 19.1 Å². The second kappa shape index (κ2) is 16.4. The molecule has 1 saturated heterocycles. The zero-order valence-corrected chi connectivity index (χ0v) is 26.7. The van der Waals surface area contributed by atoms with E-state index >= 15 is 0 Å². The smallest absolute Gasteiger partial charge is 0.307 e. The first kappa shape index (κ1) is 32.5. The SMILES string of the molecule is CCOC(=O)CC(CC(=O)OCC)N1CCC(CCCOc2cc3ncnc(Nc4cccc(Br)c4)c3cc2OC)CC1. The van der Waals surface area contributed by atoms with Gasteiger partial charge in [-0.05, 0) is 82.8 Å². The van der Waals surface area contributed by atoms with Crippen molar-refractivity contribution >= 4 is 50.3 Å². The van der Waals surface area contributed by atoms with E-state index in [1.807, 2.05) is 36.4 Å². The standard InChI is InChI=1S/C32H41BrN4O6/c1-4-41-30(38)17-25(18-31(39)42-5-2)37-13-11-22(12-14-37)8-7-15-43-29-20-27-26(19-28(29)40-3)32(35-21-34-27)36-24-10-6-9-23(33)16-24/h6,9-10,16,19-22,25H,4-5,7-8,11-15,17-18H2,1-3H3,(H,34,35,36). The summed E-state index contributed by atoms with van der Waals surface area (Å²) < 4.78 is 23.1. The van der Waals surface area contributed by atoms with Gasteiger partial charge in [-0.3, -0.25) is 14.5 Å². The topological polar surface area (TPSA) is 112 Å². The lowest BCUT2D eigenvalue weighted by Crippen LogP contribution is -2.44. The number of aromatic nitrogens is 2. The van der Waals surface area contributed by atoms with Crippen LogP contribution >= 0.6 is 15.9 Å². The van der Waals surface area contributed by atoms with Crippen LogP contribution in [0.2, 0.25) is 0 Å². The van der Waals surface area contributed by atoms with Crippen LogP contribution < -0.4 is 14.8 Å². The van der Waals surface area contributed by atoms with E-state index in [1.165, 1.54) is 6.33 Å². The molecule has 0 unspecified atom stereocenters. The summed E-state index contributed by atoms with van der Waals surface area (Å²) in [6.45, 7) is 6.48. The van der Waals surface area contributed by atoms with Crippen molar-refractivity contribution in [2.75, 3.05) is 45.3 Å². The molecule has 0 spiro atoms. The number of carbonyl (C=O) groups excluding carboxylic acids is 2. The molecule has 232 valence electrons. The van der Waals surface area contributed by atoms with E-state index < -0.39 is 0 Å². The Bertz CT molecular complexity index is 1340. The largest absolute Gasteiger partial charge is 0.493 e. The number of methoxy groups -OCH3 is 1. The minimum absolute atomic E-state index is 0.197. The molecule has 2 aromatic carbocycles. The maximum atomic E-state index is 12.2. The summed E-state index contributed by atoms with van der Waals surface area (Å²) in [6, 6.07) is 11.5. The van der Waals surface area contributed by atoms with Gasteiger partial charge in [0.2, 0.25) is 0 Å². The maximum absolute atomic E-state index is 12.2. The molecular weight excluding hydrogens is 616 g/mol. The highest BCUT2D eigenvalue weighted by molar-refractivity contribution is 9.10. The number of benzene rings is 2. The number of esters is 2. The fraction of sp³-hybridized carbons (Fsp3) is 0.500. The lowest BCUT2D eigenvalue weighted by molar-refractivity contribution is -0.147. The van der Waals surface area contributed by atoms with Crippen LogP contribution in [0.1, 0.15) is 52.4 Å². The van der Waals surface area contributed by atoms with Gasteiger partial charge in [0, 0.05) is 27.7 Å². The van der Waals surface area contributed by atoms with Gasteiger partial charge in [0.1, 0.15) is 12.1 Å². The van der Waals surface area contributed by atoms with Gasteiger partial charge in [-0.1, -0.05) is 22.0 Å². The summed E-state index contributed by atoms with van der Waals surface area (Å²) in [4.78, 5) is 35.5. The number of ether oxygens (including phenoxy) is 4. The van der Waals surface area contributed by atoms with Crippen molar-refractivity contribution < 1.29 is 28.5 Å². The molecule has 0 saturated carbocycles. The number of fused-ring (bicyclic) bond motifs is 1. The monoisotopic (exact) mass is 656 g/mol. The third kappa shape index (κ3) is 9.53. The molecule has 43 heavy (non-hydrogen) atoms. The van der Waals surface area contributed by atoms with Gasteiger partial charge in [-0.25, -0.2) is 9.97 Å². The second-order valence-corrected chi connectivity index (χ2v) is 11.4. The minimum Gasteiger partial charge on any atom is -0.493 e. The van der Waals surface area contributed by atoms with E-state index in [0.29, 0.717) is 43.1 Å². The molecule has 0 bridgehead atoms. The average molecular weight is 658 g/mol. The van der Waals surface area contributed by atoms with E-state index in [0.717, 1.165) is 59.8 Å². The fourth-order valence-corrected chi connectivity index (χ4v) is 5.85. The van der Waals surface area contributed by atoms with Gasteiger partial charge in [0.15, 0.2) is 11.5 Å². The molecule has 10 nitrogen and oxygen atoms in total. The Labute approximate surface area is 261 Å². The number of anilines is 2. The van der Waals surface area contributed by atoms with Crippen LogP contribution in [0.15, 0.2) is 47.2 Å². The van der Waals surface area contributed by atoms with E-state index in [1.54, 1.807) is 21.0 Å². The summed E-state index contributed by atoms with van der Waals surface area (Å²) in [6.07, 6.45) is 5.89. The second-order valence-electron chi connectivity index (χ2n) is 10.5. The summed E-state index contributed by atoms with van der Waals surface area (Å²) in [5.74, 6) is 1.97. The van der Waals surface area contributed by atoms with Crippen LogP contribution in [0.3, 0.4) is 0 Å². The van der Waals surface area contributed by atoms with Crippen LogP contribution in [0.25, 0.3) is 10.9 Å². The molecule has 0 radical (unpaired) electrons. The summed E-state index contributed by atoms with van der Waals surface area (Å²) in [5, 5.41) is 4.20. The van der Waals surface area contributed by atoms with Crippen LogP contribution in [-0.4, -0.2) is 72.9 Å². The van der Waals surface area contributed by atoms with Gasteiger partial charge < -0.3 is 24.3 Å². The third-order valence-electron chi connectivity index (χ3n) is 7.60. The Morgan fingerprint density at radius 2 is 1.74 bits per heavy atom. The van der Waals surface area contributed by atoms with Crippen molar-refractivity contribution in [3.05, 3.63) is 47.2 Å². The molecule has 0 aliphatic carbocycles. The molecule has 3 aromatic rings. The lowest BCUT2D eigenvalue weighted by Gasteiger charge is -2.37. The number of likely N-dealkylation sites (tertiary alicyclic amines) is 1. The number of hydrogen-bond acceptors (Lipinski definition) is 10. The quantitative estimate of drug-likeness (QED) is 0.148. The molecule has 0 atom stereocenters. The Morgan fingerprint density at radius 1 is 1.02 bits per heavy atom. The Hall–Kier alpha value is -3.44. The predicted molar refractivity (Wildman–Crippen MR) is 169 cm³/mol. The Balaban J connectivity index is 1.29. The van der Waals surface area contributed by atoms with E-state index in [4.69, 9.17) is 18.9 Å². The average Bonchev–Trinajstić information content (AvgIpc) is 2.99. The van der Waals surface area contributed by atoms with E-state index in [-0.39, 0.29) is 30.8 Å². The first-order valence-electron chi connectivity index (χ1n) is 14.9. The minimum atomic E-state index is -0.274. The summed E-state index contributed by atoms with van der Waals surface area (Å²) in [5.41, 5.74) is 1.67. The van der Waals surface area contributed by atoms with Crippen molar-refractivity contribution in [1.82, 2.24) is 14.9 Å². The first-order chi connectivity index (χ1) is 20.9. The maximum Gasteiger partial charge on any atom is 0.307 e. The molecule has 1 aliphatic heterocycles. The zero-order chi connectivity index (χ0) is 30.6. The molecular formula is C32H41BrN4O6. The molecule has 4 rings (SSSR count). The number of nitrogens with one attached hydrogen (secondary N) is 1. The highest BCUT2D eigenvalue weighted by Crippen LogP contribution is 2.35. The molecule has 1 N–H and O–H groups in total. The van der Waals surface area contributed by atoms with Gasteiger partial charge >= 0.3 is 11.9 Å². The zero-order valence-electron chi connectivity index (χ0n) is 25.1. The number of piperidine rings is 1. The normalized spacial score (nSPS) is 14.1. The summed E-state index contributed by atoms with van der Waals surface area (Å²) in [7, 11) is 1.63. The first-order valence-corrected chi connectivity index (χ1v) is 15.7. The lowest BCUT2D eigenvalue weighted by atomic mass is 9.91. The van der Waals surface area contributed by atoms with E-state index in [2.05, 4.69) is 36.1 Å². The van der Waals surface area contributed by atoms with E-state index in [9.17, 15) is 9.59 Å². The molecule has 1 aliphatic rings. The highest BCUT2D eigenvalue weighted by atomic mass is 79.9. The number of carbonyl (C=O) groups is 2. The van der Waals surface area contributed by atoms with Crippen molar-refractivity contribution in [2.24, 2.45) is 5.92 Å². The van der Waals surface area contributed by atoms with Crippen molar-refractivity contribution in [3.63, 3.8) is 0 Å². The molecule has 1 aromatic heterocycles. The number of halogens is 1. The number of hydrogen-bond donors (Lipinski definition) is 1. The molecule has 1 fully saturated rings.